The number of rotatable bonds is 5. The van der Waals surface area contributed by atoms with E-state index in [9.17, 15) is 14.7 Å². The Morgan fingerprint density at radius 1 is 1.21 bits per heavy atom. The highest BCUT2D eigenvalue weighted by atomic mass is 35.5. The van der Waals surface area contributed by atoms with E-state index < -0.39 is 17.0 Å². The number of aliphatic hydroxyl groups is 1. The van der Waals surface area contributed by atoms with Crippen molar-refractivity contribution in [3.05, 3.63) is 75.3 Å². The number of methoxy groups -OCH3 is 1. The first-order valence-corrected chi connectivity index (χ1v) is 9.81. The van der Waals surface area contributed by atoms with Crippen molar-refractivity contribution in [2.45, 2.75) is 32.8 Å². The summed E-state index contributed by atoms with van der Waals surface area (Å²) in [5.74, 6) is -0.568. The molecule has 0 unspecified atom stereocenters. The van der Waals surface area contributed by atoms with Crippen LogP contribution in [-0.4, -0.2) is 29.6 Å². The summed E-state index contributed by atoms with van der Waals surface area (Å²) in [6.45, 7) is 5.36. The third kappa shape index (κ3) is 5.27. The van der Waals surface area contributed by atoms with E-state index >= 15 is 0 Å². The van der Waals surface area contributed by atoms with Crippen LogP contribution in [0.3, 0.4) is 0 Å². The van der Waals surface area contributed by atoms with E-state index in [-0.39, 0.29) is 12.2 Å². The van der Waals surface area contributed by atoms with Gasteiger partial charge >= 0.3 is 5.97 Å². The summed E-state index contributed by atoms with van der Waals surface area (Å²) in [7, 11) is 1.30. The van der Waals surface area contributed by atoms with E-state index in [0.29, 0.717) is 26.8 Å². The molecule has 1 atom stereocenters. The first kappa shape index (κ1) is 23.1. The number of hydrogen-bond donors (Lipinski definition) is 1. The van der Waals surface area contributed by atoms with Gasteiger partial charge in [-0.15, -0.1) is 0 Å². The molecule has 4 nitrogen and oxygen atoms in total. The third-order valence-electron chi connectivity index (χ3n) is 4.97. The van der Waals surface area contributed by atoms with Gasteiger partial charge in [0.05, 0.1) is 7.11 Å². The van der Waals surface area contributed by atoms with Gasteiger partial charge in [-0.2, -0.15) is 0 Å². The number of ketones is 1. The fraction of sp³-hybridized carbons (Fsp3) is 0.304. The molecule has 0 amide bonds. The molecule has 1 aliphatic carbocycles. The molecule has 1 aromatic carbocycles. The van der Waals surface area contributed by atoms with Gasteiger partial charge in [-0.3, -0.25) is 4.79 Å². The van der Waals surface area contributed by atoms with Crippen molar-refractivity contribution >= 4 is 41.0 Å². The number of esters is 1. The highest BCUT2D eigenvalue weighted by Crippen LogP contribution is 2.45. The van der Waals surface area contributed by atoms with Gasteiger partial charge in [0, 0.05) is 33.5 Å². The molecular formula is C23H24Cl2O4. The van der Waals surface area contributed by atoms with E-state index in [2.05, 4.69) is 4.74 Å². The van der Waals surface area contributed by atoms with Gasteiger partial charge < -0.3 is 9.84 Å². The first-order valence-electron chi connectivity index (χ1n) is 9.05. The summed E-state index contributed by atoms with van der Waals surface area (Å²) >= 11 is 12.4. The molecule has 154 valence electrons. The summed E-state index contributed by atoms with van der Waals surface area (Å²) in [6.07, 6.45) is 9.49. The van der Waals surface area contributed by atoms with E-state index in [1.807, 2.05) is 13.8 Å². The van der Waals surface area contributed by atoms with Crippen molar-refractivity contribution in [1.29, 1.82) is 0 Å². The number of benzene rings is 1. The zero-order chi connectivity index (χ0) is 21.8. The molecular weight excluding hydrogens is 411 g/mol. The minimum Gasteiger partial charge on any atom is -0.466 e. The van der Waals surface area contributed by atoms with Crippen LogP contribution in [0, 0.1) is 5.41 Å². The molecule has 1 aromatic rings. The van der Waals surface area contributed by atoms with Crippen molar-refractivity contribution in [2.75, 3.05) is 7.11 Å². The Labute approximate surface area is 181 Å². The van der Waals surface area contributed by atoms with Crippen LogP contribution in [0.4, 0.5) is 0 Å². The second kappa shape index (κ2) is 9.12. The molecule has 0 heterocycles. The number of hydrogen-bond acceptors (Lipinski definition) is 4. The van der Waals surface area contributed by atoms with Crippen LogP contribution in [0.15, 0.2) is 59.7 Å². The highest BCUT2D eigenvalue weighted by molar-refractivity contribution is 6.37. The minimum atomic E-state index is -1.45. The van der Waals surface area contributed by atoms with Crippen LogP contribution >= 0.6 is 23.2 Å². The second-order valence-electron chi connectivity index (χ2n) is 7.61. The SMILES string of the molecule is COC(=O)/C=C(C)\C=C\[C@@]1(O)C(/C=C/c2c(Cl)cccc2Cl)=CC(=O)CC1(C)C. The van der Waals surface area contributed by atoms with Gasteiger partial charge in [0.1, 0.15) is 5.60 Å². The van der Waals surface area contributed by atoms with Gasteiger partial charge in [0.2, 0.25) is 0 Å². The molecule has 0 fully saturated rings. The maximum Gasteiger partial charge on any atom is 0.330 e. The highest BCUT2D eigenvalue weighted by Gasteiger charge is 2.47. The van der Waals surface area contributed by atoms with Crippen LogP contribution in [0.25, 0.3) is 6.08 Å². The molecule has 1 aliphatic rings. The van der Waals surface area contributed by atoms with Gasteiger partial charge in [-0.1, -0.05) is 61.3 Å². The lowest BCUT2D eigenvalue weighted by Crippen LogP contribution is -2.48. The van der Waals surface area contributed by atoms with Crippen LogP contribution in [0.2, 0.25) is 10.0 Å². The molecule has 1 N–H and O–H groups in total. The molecule has 0 saturated carbocycles. The molecule has 6 heteroatoms. The lowest BCUT2D eigenvalue weighted by atomic mass is 9.64. The van der Waals surface area contributed by atoms with Gasteiger partial charge in [-0.05, 0) is 42.4 Å². The zero-order valence-electron chi connectivity index (χ0n) is 16.8. The summed E-state index contributed by atoms with van der Waals surface area (Å²) < 4.78 is 4.62. The Hall–Kier alpha value is -2.14. The van der Waals surface area contributed by atoms with E-state index in [1.165, 1.54) is 19.3 Å². The number of ether oxygens (including phenoxy) is 1. The predicted molar refractivity (Wildman–Crippen MR) is 117 cm³/mol. The quantitative estimate of drug-likeness (QED) is 0.385. The van der Waals surface area contributed by atoms with Gasteiger partial charge in [-0.25, -0.2) is 4.79 Å². The van der Waals surface area contributed by atoms with Crippen LogP contribution in [-0.2, 0) is 14.3 Å². The Kier molecular flexibility index (Phi) is 7.28. The van der Waals surface area contributed by atoms with E-state index in [0.717, 1.165) is 0 Å². The van der Waals surface area contributed by atoms with Crippen molar-refractivity contribution in [3.8, 4) is 0 Å². The maximum absolute atomic E-state index is 12.3. The fourth-order valence-electron chi connectivity index (χ4n) is 3.18. The van der Waals surface area contributed by atoms with E-state index in [1.54, 1.807) is 49.4 Å². The fourth-order valence-corrected chi connectivity index (χ4v) is 3.70. The van der Waals surface area contributed by atoms with Crippen molar-refractivity contribution in [1.82, 2.24) is 0 Å². The predicted octanol–water partition coefficient (Wildman–Crippen LogP) is 5.34. The van der Waals surface area contributed by atoms with Crippen molar-refractivity contribution in [2.24, 2.45) is 5.41 Å². The second-order valence-corrected chi connectivity index (χ2v) is 8.42. The van der Waals surface area contributed by atoms with Crippen LogP contribution in [0.5, 0.6) is 0 Å². The lowest BCUT2D eigenvalue weighted by Gasteiger charge is -2.44. The third-order valence-corrected chi connectivity index (χ3v) is 5.63. The van der Waals surface area contributed by atoms with Crippen molar-refractivity contribution in [3.63, 3.8) is 0 Å². The summed E-state index contributed by atoms with van der Waals surface area (Å²) in [4.78, 5) is 23.7. The van der Waals surface area contributed by atoms with Crippen molar-refractivity contribution < 1.29 is 19.4 Å². The van der Waals surface area contributed by atoms with Gasteiger partial charge in [0.15, 0.2) is 5.78 Å². The van der Waals surface area contributed by atoms with Crippen LogP contribution < -0.4 is 0 Å². The smallest absolute Gasteiger partial charge is 0.330 e. The van der Waals surface area contributed by atoms with Gasteiger partial charge in [0.25, 0.3) is 0 Å². The number of carbonyl (C=O) groups excluding carboxylic acids is 2. The summed E-state index contributed by atoms with van der Waals surface area (Å²) in [5, 5.41) is 12.5. The number of carbonyl (C=O) groups is 2. The average Bonchev–Trinajstić information content (AvgIpc) is 2.63. The average molecular weight is 435 g/mol. The standard InChI is InChI=1S/C23H24Cl2O4/c1-15(12-21(27)29-4)10-11-23(28)16(13-17(26)14-22(23,2)3)8-9-18-19(24)6-5-7-20(18)25/h5-13,28H,14H2,1-4H3/b9-8+,11-10+,15-12-/t23-/m1/s1. The Balaban J connectivity index is 2.49. The van der Waals surface area contributed by atoms with E-state index in [4.69, 9.17) is 23.2 Å². The monoisotopic (exact) mass is 434 g/mol. The molecule has 29 heavy (non-hydrogen) atoms. The Morgan fingerprint density at radius 3 is 2.41 bits per heavy atom. The molecule has 2 rings (SSSR count). The zero-order valence-corrected chi connectivity index (χ0v) is 18.3. The maximum atomic E-state index is 12.3. The summed E-state index contributed by atoms with van der Waals surface area (Å²) in [5.41, 5.74) is -0.603. The minimum absolute atomic E-state index is 0.0835. The first-order chi connectivity index (χ1) is 13.5. The Morgan fingerprint density at radius 2 is 1.83 bits per heavy atom. The molecule has 0 bridgehead atoms. The molecule has 0 radical (unpaired) electrons. The molecule has 0 saturated heterocycles. The Bertz CT molecular complexity index is 918. The largest absolute Gasteiger partial charge is 0.466 e. The molecule has 0 spiro atoms. The number of allylic oxidation sites excluding steroid dienone is 3. The molecule has 0 aliphatic heterocycles. The lowest BCUT2D eigenvalue weighted by molar-refractivity contribution is -0.134. The number of halogens is 2. The molecule has 0 aromatic heterocycles. The summed E-state index contributed by atoms with van der Waals surface area (Å²) in [6, 6.07) is 5.17. The topological polar surface area (TPSA) is 63.6 Å². The normalized spacial score (nSPS) is 22.2. The van der Waals surface area contributed by atoms with Crippen LogP contribution in [0.1, 0.15) is 32.8 Å².